The van der Waals surface area contributed by atoms with Gasteiger partial charge in [0.15, 0.2) is 0 Å². The van der Waals surface area contributed by atoms with Crippen LogP contribution in [0.3, 0.4) is 0 Å². The average Bonchev–Trinajstić information content (AvgIpc) is 2.69. The molecule has 0 bridgehead atoms. The third-order valence-electron chi connectivity index (χ3n) is 3.61. The predicted octanol–water partition coefficient (Wildman–Crippen LogP) is 1.74. The zero-order valence-electron chi connectivity index (χ0n) is 11.4. The second-order valence-corrected chi connectivity index (χ2v) is 7.33. The minimum atomic E-state index is -3.75. The number of nitro benzene ring substituents is 1. The lowest BCUT2D eigenvalue weighted by Gasteiger charge is -2.30. The van der Waals surface area contributed by atoms with Crippen LogP contribution in [0.2, 0.25) is 0 Å². The standard InChI is InChI=1S/C12H17N3O4S/c1-12(2)6-3-7-14(12)20(18,19)9-4-5-10(13)11(8-9)15(16)17/h4-5,8H,3,6-7,13H2,1-2H3. The molecule has 1 aliphatic heterocycles. The maximum Gasteiger partial charge on any atom is 0.293 e. The number of hydrogen-bond donors (Lipinski definition) is 1. The van der Waals surface area contributed by atoms with Crippen LogP contribution in [-0.4, -0.2) is 29.7 Å². The van der Waals surface area contributed by atoms with Gasteiger partial charge in [-0.3, -0.25) is 10.1 Å². The van der Waals surface area contributed by atoms with E-state index >= 15 is 0 Å². The van der Waals surface area contributed by atoms with E-state index in [1.807, 2.05) is 13.8 Å². The first-order valence-corrected chi connectivity index (χ1v) is 7.67. The Balaban J connectivity index is 2.50. The maximum absolute atomic E-state index is 12.6. The highest BCUT2D eigenvalue weighted by Gasteiger charge is 2.41. The molecule has 1 aromatic carbocycles. The number of rotatable bonds is 3. The Kier molecular flexibility index (Phi) is 3.47. The number of benzene rings is 1. The molecule has 1 heterocycles. The number of hydrogen-bond acceptors (Lipinski definition) is 5. The number of nitrogens with zero attached hydrogens (tertiary/aromatic N) is 2. The van der Waals surface area contributed by atoms with Crippen molar-refractivity contribution in [2.24, 2.45) is 0 Å². The summed E-state index contributed by atoms with van der Waals surface area (Å²) in [5, 5.41) is 10.9. The number of anilines is 1. The molecule has 7 nitrogen and oxygen atoms in total. The fourth-order valence-corrected chi connectivity index (χ4v) is 4.36. The van der Waals surface area contributed by atoms with Crippen molar-refractivity contribution in [1.82, 2.24) is 4.31 Å². The van der Waals surface area contributed by atoms with Crippen molar-refractivity contribution in [3.8, 4) is 0 Å². The van der Waals surface area contributed by atoms with Gasteiger partial charge < -0.3 is 5.73 Å². The smallest absolute Gasteiger partial charge is 0.293 e. The van der Waals surface area contributed by atoms with Crippen molar-refractivity contribution in [3.63, 3.8) is 0 Å². The Bertz CT molecular complexity index is 655. The summed E-state index contributed by atoms with van der Waals surface area (Å²) in [6.07, 6.45) is 1.55. The molecule has 0 spiro atoms. The van der Waals surface area contributed by atoms with E-state index in [-0.39, 0.29) is 16.3 Å². The van der Waals surface area contributed by atoms with E-state index in [1.165, 1.54) is 16.4 Å². The maximum atomic E-state index is 12.6. The minimum absolute atomic E-state index is 0.0466. The molecule has 0 unspecified atom stereocenters. The third kappa shape index (κ3) is 2.36. The molecule has 0 amide bonds. The van der Waals surface area contributed by atoms with Gasteiger partial charge in [0, 0.05) is 18.2 Å². The Labute approximate surface area is 117 Å². The van der Waals surface area contributed by atoms with E-state index in [9.17, 15) is 18.5 Å². The number of sulfonamides is 1. The van der Waals surface area contributed by atoms with E-state index in [0.717, 1.165) is 18.9 Å². The van der Waals surface area contributed by atoms with Gasteiger partial charge in [0.25, 0.3) is 5.69 Å². The van der Waals surface area contributed by atoms with Crippen LogP contribution in [-0.2, 0) is 10.0 Å². The van der Waals surface area contributed by atoms with E-state index in [1.54, 1.807) is 0 Å². The zero-order chi connectivity index (χ0) is 15.1. The van der Waals surface area contributed by atoms with Gasteiger partial charge in [0.1, 0.15) is 5.69 Å². The number of nitrogens with two attached hydrogens (primary N) is 1. The molecule has 0 radical (unpaired) electrons. The lowest BCUT2D eigenvalue weighted by atomic mass is 10.0. The molecule has 1 fully saturated rings. The van der Waals surface area contributed by atoms with Crippen LogP contribution < -0.4 is 5.73 Å². The van der Waals surface area contributed by atoms with Crippen molar-refractivity contribution in [3.05, 3.63) is 28.3 Å². The van der Waals surface area contributed by atoms with Crippen LogP contribution in [0.5, 0.6) is 0 Å². The Morgan fingerprint density at radius 1 is 1.40 bits per heavy atom. The summed E-state index contributed by atoms with van der Waals surface area (Å²) in [6.45, 7) is 4.13. The summed E-state index contributed by atoms with van der Waals surface area (Å²) in [6, 6.07) is 3.60. The molecule has 1 saturated heterocycles. The first-order valence-electron chi connectivity index (χ1n) is 6.23. The van der Waals surface area contributed by atoms with Crippen LogP contribution in [0.15, 0.2) is 23.1 Å². The topological polar surface area (TPSA) is 107 Å². The first-order chi connectivity index (χ1) is 9.16. The lowest BCUT2D eigenvalue weighted by molar-refractivity contribution is -0.384. The largest absolute Gasteiger partial charge is 0.393 e. The number of nitro groups is 1. The van der Waals surface area contributed by atoms with Gasteiger partial charge >= 0.3 is 0 Å². The lowest BCUT2D eigenvalue weighted by Crippen LogP contribution is -2.42. The minimum Gasteiger partial charge on any atom is -0.393 e. The summed E-state index contributed by atoms with van der Waals surface area (Å²) in [5.41, 5.74) is 4.58. The molecule has 0 aromatic heterocycles. The summed E-state index contributed by atoms with van der Waals surface area (Å²) in [4.78, 5) is 10.1. The van der Waals surface area contributed by atoms with Crippen molar-refractivity contribution in [2.45, 2.75) is 37.1 Å². The van der Waals surface area contributed by atoms with Crippen molar-refractivity contribution < 1.29 is 13.3 Å². The molecule has 2 N–H and O–H groups in total. The quantitative estimate of drug-likeness (QED) is 0.519. The highest BCUT2D eigenvalue weighted by atomic mass is 32.2. The SMILES string of the molecule is CC1(C)CCCN1S(=O)(=O)c1ccc(N)c([N+](=O)[O-])c1. The van der Waals surface area contributed by atoms with E-state index in [4.69, 9.17) is 5.73 Å². The monoisotopic (exact) mass is 299 g/mol. The summed E-state index contributed by atoms with van der Waals surface area (Å²) in [5.74, 6) is 0. The predicted molar refractivity (Wildman–Crippen MR) is 74.7 cm³/mol. The van der Waals surface area contributed by atoms with Gasteiger partial charge in [-0.1, -0.05) is 0 Å². The molecule has 110 valence electrons. The summed E-state index contributed by atoms with van der Waals surface area (Å²) < 4.78 is 26.6. The van der Waals surface area contributed by atoms with Gasteiger partial charge in [-0.2, -0.15) is 4.31 Å². The van der Waals surface area contributed by atoms with E-state index in [0.29, 0.717) is 6.54 Å². The van der Waals surface area contributed by atoms with Crippen molar-refractivity contribution in [1.29, 1.82) is 0 Å². The molecular formula is C12H17N3O4S. The molecular weight excluding hydrogens is 282 g/mol. The van der Waals surface area contributed by atoms with Crippen LogP contribution in [0, 0.1) is 10.1 Å². The van der Waals surface area contributed by atoms with Crippen LogP contribution in [0.1, 0.15) is 26.7 Å². The summed E-state index contributed by atoms with van der Waals surface area (Å²) >= 11 is 0. The second-order valence-electron chi connectivity index (χ2n) is 5.47. The number of nitrogen functional groups attached to an aromatic ring is 1. The van der Waals surface area contributed by atoms with Gasteiger partial charge in [-0.15, -0.1) is 0 Å². The van der Waals surface area contributed by atoms with Gasteiger partial charge in [-0.05, 0) is 38.8 Å². The van der Waals surface area contributed by atoms with Crippen LogP contribution >= 0.6 is 0 Å². The van der Waals surface area contributed by atoms with Crippen LogP contribution in [0.25, 0.3) is 0 Å². The highest BCUT2D eigenvalue weighted by Crippen LogP contribution is 2.35. The fourth-order valence-electron chi connectivity index (χ4n) is 2.50. The van der Waals surface area contributed by atoms with Crippen LogP contribution in [0.4, 0.5) is 11.4 Å². The highest BCUT2D eigenvalue weighted by molar-refractivity contribution is 7.89. The summed E-state index contributed by atoms with van der Waals surface area (Å²) in [7, 11) is -3.75. The fraction of sp³-hybridized carbons (Fsp3) is 0.500. The van der Waals surface area contributed by atoms with E-state index < -0.39 is 20.5 Å². The molecule has 0 aliphatic carbocycles. The van der Waals surface area contributed by atoms with Gasteiger partial charge in [0.05, 0.1) is 9.82 Å². The Hall–Kier alpha value is -1.67. The molecule has 0 saturated carbocycles. The Morgan fingerprint density at radius 2 is 2.05 bits per heavy atom. The zero-order valence-corrected chi connectivity index (χ0v) is 12.2. The van der Waals surface area contributed by atoms with Gasteiger partial charge in [0.2, 0.25) is 10.0 Å². The molecule has 2 rings (SSSR count). The Morgan fingerprint density at radius 3 is 2.55 bits per heavy atom. The average molecular weight is 299 g/mol. The molecule has 1 aromatic rings. The molecule has 20 heavy (non-hydrogen) atoms. The van der Waals surface area contributed by atoms with Gasteiger partial charge in [-0.25, -0.2) is 8.42 Å². The van der Waals surface area contributed by atoms with E-state index in [2.05, 4.69) is 0 Å². The molecule has 0 atom stereocenters. The normalized spacial score (nSPS) is 19.1. The third-order valence-corrected chi connectivity index (χ3v) is 5.72. The van der Waals surface area contributed by atoms with Crippen molar-refractivity contribution in [2.75, 3.05) is 12.3 Å². The first kappa shape index (κ1) is 14.7. The molecule has 1 aliphatic rings. The second kappa shape index (κ2) is 4.71. The molecule has 8 heteroatoms. The van der Waals surface area contributed by atoms with Crippen molar-refractivity contribution >= 4 is 21.4 Å².